The molecule has 7 nitrogen and oxygen atoms in total. The second-order valence-electron chi connectivity index (χ2n) is 5.86. The lowest BCUT2D eigenvalue weighted by molar-refractivity contribution is -0.117. The largest absolute Gasteiger partial charge is 0.345 e. The minimum atomic E-state index is -0.103. The molecule has 1 aromatic carbocycles. The Bertz CT molecular complexity index is 708. The van der Waals surface area contributed by atoms with Crippen molar-refractivity contribution in [2.45, 2.75) is 20.4 Å². The summed E-state index contributed by atoms with van der Waals surface area (Å²) in [7, 11) is 3.57. The van der Waals surface area contributed by atoms with E-state index in [-0.39, 0.29) is 18.4 Å². The van der Waals surface area contributed by atoms with Crippen LogP contribution in [0, 0.1) is 6.92 Å². The maximum atomic E-state index is 12.1. The smallest absolute Gasteiger partial charge is 0.238 e. The van der Waals surface area contributed by atoms with E-state index in [1.54, 1.807) is 42.4 Å². The Morgan fingerprint density at radius 1 is 1.21 bits per heavy atom. The fraction of sp³-hybridized carbons (Fsp3) is 0.353. The Kier molecular flexibility index (Phi) is 5.70. The molecule has 0 aliphatic carbocycles. The van der Waals surface area contributed by atoms with Gasteiger partial charge in [-0.3, -0.25) is 14.5 Å². The number of aromatic amines is 1. The molecule has 128 valence electrons. The van der Waals surface area contributed by atoms with Gasteiger partial charge in [0, 0.05) is 37.2 Å². The zero-order valence-electron chi connectivity index (χ0n) is 14.5. The first kappa shape index (κ1) is 17.7. The number of nitrogens with zero attached hydrogens (tertiary/aromatic N) is 3. The van der Waals surface area contributed by atoms with Crippen molar-refractivity contribution in [2.24, 2.45) is 0 Å². The van der Waals surface area contributed by atoms with Gasteiger partial charge in [0.05, 0.1) is 13.1 Å². The molecule has 0 unspecified atom stereocenters. The molecule has 0 saturated carbocycles. The number of benzene rings is 1. The lowest BCUT2D eigenvalue weighted by Crippen LogP contribution is -2.30. The molecule has 7 heteroatoms. The molecule has 1 heterocycles. The van der Waals surface area contributed by atoms with Crippen LogP contribution in [0.1, 0.15) is 18.4 Å². The van der Waals surface area contributed by atoms with E-state index in [4.69, 9.17) is 0 Å². The highest BCUT2D eigenvalue weighted by molar-refractivity contribution is 5.93. The van der Waals surface area contributed by atoms with E-state index < -0.39 is 0 Å². The van der Waals surface area contributed by atoms with Crippen LogP contribution in [0.2, 0.25) is 0 Å². The van der Waals surface area contributed by atoms with Crippen LogP contribution in [0.4, 0.5) is 11.4 Å². The summed E-state index contributed by atoms with van der Waals surface area (Å²) < 4.78 is 0. The van der Waals surface area contributed by atoms with Gasteiger partial charge in [0.15, 0.2) is 0 Å². The lowest BCUT2D eigenvalue weighted by atomic mass is 10.2. The van der Waals surface area contributed by atoms with Crippen LogP contribution >= 0.6 is 0 Å². The van der Waals surface area contributed by atoms with E-state index in [0.29, 0.717) is 12.2 Å². The lowest BCUT2D eigenvalue weighted by Gasteiger charge is -2.17. The van der Waals surface area contributed by atoms with Gasteiger partial charge in [-0.25, -0.2) is 4.98 Å². The topological polar surface area (TPSA) is 81.3 Å². The third-order valence-corrected chi connectivity index (χ3v) is 3.60. The van der Waals surface area contributed by atoms with Crippen molar-refractivity contribution in [3.8, 4) is 0 Å². The standard InChI is InChI=1S/C17H23N5O2/c1-12-9-18-16(19-12)10-21(3)11-17(24)20-14-5-7-15(8-6-14)22(4)13(2)23/h5-9H,10-11H2,1-4H3,(H,18,19)(H,20,24). The monoisotopic (exact) mass is 329 g/mol. The van der Waals surface area contributed by atoms with E-state index in [1.807, 2.05) is 18.9 Å². The van der Waals surface area contributed by atoms with E-state index in [1.165, 1.54) is 6.92 Å². The Morgan fingerprint density at radius 2 is 1.88 bits per heavy atom. The van der Waals surface area contributed by atoms with Gasteiger partial charge < -0.3 is 15.2 Å². The van der Waals surface area contributed by atoms with Crippen LogP contribution in [-0.2, 0) is 16.1 Å². The summed E-state index contributed by atoms with van der Waals surface area (Å²) in [6.07, 6.45) is 1.77. The molecule has 1 aromatic heterocycles. The Labute approximate surface area is 141 Å². The average Bonchev–Trinajstić information content (AvgIpc) is 2.91. The molecule has 24 heavy (non-hydrogen) atoms. The van der Waals surface area contributed by atoms with Gasteiger partial charge in [-0.2, -0.15) is 0 Å². The van der Waals surface area contributed by atoms with Crippen LogP contribution in [0.3, 0.4) is 0 Å². The number of rotatable bonds is 6. The van der Waals surface area contributed by atoms with Gasteiger partial charge in [-0.15, -0.1) is 0 Å². The van der Waals surface area contributed by atoms with Crippen molar-refractivity contribution in [3.05, 3.63) is 42.0 Å². The Balaban J connectivity index is 1.86. The van der Waals surface area contributed by atoms with Gasteiger partial charge in [0.25, 0.3) is 0 Å². The molecule has 2 rings (SSSR count). The van der Waals surface area contributed by atoms with Crippen LogP contribution < -0.4 is 10.2 Å². The van der Waals surface area contributed by atoms with E-state index in [9.17, 15) is 9.59 Å². The van der Waals surface area contributed by atoms with Crippen LogP contribution in [-0.4, -0.2) is 47.3 Å². The normalized spacial score (nSPS) is 10.7. The molecule has 0 saturated heterocycles. The molecular formula is C17H23N5O2. The number of anilines is 2. The highest BCUT2D eigenvalue weighted by Crippen LogP contribution is 2.17. The number of H-pyrrole nitrogens is 1. The van der Waals surface area contributed by atoms with Crippen LogP contribution in [0.25, 0.3) is 0 Å². The first-order valence-corrected chi connectivity index (χ1v) is 7.68. The summed E-state index contributed by atoms with van der Waals surface area (Å²) in [6.45, 7) is 4.28. The van der Waals surface area contributed by atoms with Gasteiger partial charge in [0.2, 0.25) is 11.8 Å². The third kappa shape index (κ3) is 4.92. The molecule has 0 atom stereocenters. The number of imidazole rings is 1. The minimum Gasteiger partial charge on any atom is -0.345 e. The molecule has 0 aliphatic heterocycles. The van der Waals surface area contributed by atoms with Crippen LogP contribution in [0.5, 0.6) is 0 Å². The molecule has 0 bridgehead atoms. The summed E-state index contributed by atoms with van der Waals surface area (Å²) >= 11 is 0. The second-order valence-corrected chi connectivity index (χ2v) is 5.86. The number of aromatic nitrogens is 2. The average molecular weight is 329 g/mol. The van der Waals surface area contributed by atoms with E-state index in [2.05, 4.69) is 15.3 Å². The number of carbonyl (C=O) groups is 2. The number of nitrogens with one attached hydrogen (secondary N) is 2. The number of aryl methyl sites for hydroxylation is 1. The maximum Gasteiger partial charge on any atom is 0.238 e. The number of likely N-dealkylation sites (N-methyl/N-ethyl adjacent to an activating group) is 1. The zero-order valence-corrected chi connectivity index (χ0v) is 14.5. The van der Waals surface area contributed by atoms with Gasteiger partial charge in [-0.1, -0.05) is 0 Å². The fourth-order valence-corrected chi connectivity index (χ4v) is 2.25. The summed E-state index contributed by atoms with van der Waals surface area (Å²) in [5.41, 5.74) is 2.48. The van der Waals surface area contributed by atoms with Gasteiger partial charge in [0.1, 0.15) is 5.82 Å². The minimum absolute atomic E-state index is 0.0402. The predicted octanol–water partition coefficient (Wildman–Crippen LogP) is 1.77. The molecule has 0 radical (unpaired) electrons. The summed E-state index contributed by atoms with van der Waals surface area (Å²) in [5.74, 6) is 0.689. The summed E-state index contributed by atoms with van der Waals surface area (Å²) in [5, 5.41) is 2.84. The van der Waals surface area contributed by atoms with Crippen LogP contribution in [0.15, 0.2) is 30.5 Å². The molecule has 2 amide bonds. The Hall–Kier alpha value is -2.67. The molecule has 0 aliphatic rings. The van der Waals surface area contributed by atoms with E-state index in [0.717, 1.165) is 17.2 Å². The third-order valence-electron chi connectivity index (χ3n) is 3.60. The molecule has 2 N–H and O–H groups in total. The molecular weight excluding hydrogens is 306 g/mol. The quantitative estimate of drug-likeness (QED) is 0.846. The SMILES string of the molecule is CC(=O)N(C)c1ccc(NC(=O)CN(C)Cc2ncc(C)[nH]2)cc1. The van der Waals surface area contributed by atoms with Crippen molar-refractivity contribution in [2.75, 3.05) is 30.9 Å². The van der Waals surface area contributed by atoms with Crippen molar-refractivity contribution in [1.82, 2.24) is 14.9 Å². The molecule has 2 aromatic rings. The van der Waals surface area contributed by atoms with Crippen molar-refractivity contribution in [1.29, 1.82) is 0 Å². The molecule has 0 fully saturated rings. The van der Waals surface area contributed by atoms with Crippen molar-refractivity contribution >= 4 is 23.2 Å². The zero-order chi connectivity index (χ0) is 17.7. The number of amides is 2. The Morgan fingerprint density at radius 3 is 2.42 bits per heavy atom. The molecule has 0 spiro atoms. The maximum absolute atomic E-state index is 12.1. The highest BCUT2D eigenvalue weighted by Gasteiger charge is 2.10. The number of hydrogen-bond acceptors (Lipinski definition) is 4. The number of carbonyl (C=O) groups excluding carboxylic acids is 2. The highest BCUT2D eigenvalue weighted by atomic mass is 16.2. The van der Waals surface area contributed by atoms with E-state index >= 15 is 0 Å². The van der Waals surface area contributed by atoms with Crippen molar-refractivity contribution in [3.63, 3.8) is 0 Å². The first-order valence-electron chi connectivity index (χ1n) is 7.68. The predicted molar refractivity (Wildman–Crippen MR) is 93.8 cm³/mol. The van der Waals surface area contributed by atoms with Gasteiger partial charge in [-0.05, 0) is 38.2 Å². The number of hydrogen-bond donors (Lipinski definition) is 2. The second kappa shape index (κ2) is 7.74. The summed E-state index contributed by atoms with van der Waals surface area (Å²) in [6, 6.07) is 7.16. The summed E-state index contributed by atoms with van der Waals surface area (Å²) in [4.78, 5) is 34.2. The fourth-order valence-electron chi connectivity index (χ4n) is 2.25. The van der Waals surface area contributed by atoms with Gasteiger partial charge >= 0.3 is 0 Å². The van der Waals surface area contributed by atoms with Crippen molar-refractivity contribution < 1.29 is 9.59 Å². The first-order chi connectivity index (χ1) is 11.3.